The van der Waals surface area contributed by atoms with Crippen LogP contribution in [0.3, 0.4) is 0 Å². The summed E-state index contributed by atoms with van der Waals surface area (Å²) in [5.41, 5.74) is 3.38. The van der Waals surface area contributed by atoms with E-state index in [9.17, 15) is 4.79 Å². The van der Waals surface area contributed by atoms with Crippen molar-refractivity contribution in [1.29, 1.82) is 0 Å². The van der Waals surface area contributed by atoms with Gasteiger partial charge in [0, 0.05) is 6.04 Å². The Morgan fingerprint density at radius 2 is 2.04 bits per heavy atom. The first kappa shape index (κ1) is 21.3. The Morgan fingerprint density at radius 1 is 1.22 bits per heavy atom. The standard InChI is InChI=1S/C22H28N2O2.ClH/c1-16-6-3-4-8-19(16)15-26-20-9-5-7-18(12-20)13-22(25)24-21-10-11-23-14-17(21)2;/h3-9,12,17,21,23H,10-11,13-15H2,1-2H3,(H,24,25);1H. The highest BCUT2D eigenvalue weighted by atomic mass is 35.5. The normalized spacial score (nSPS) is 19.0. The molecule has 4 nitrogen and oxygen atoms in total. The van der Waals surface area contributed by atoms with Crippen molar-refractivity contribution in [2.24, 2.45) is 5.92 Å². The minimum Gasteiger partial charge on any atom is -0.489 e. The molecule has 27 heavy (non-hydrogen) atoms. The van der Waals surface area contributed by atoms with Crippen LogP contribution in [0.2, 0.25) is 0 Å². The molecule has 0 aromatic heterocycles. The number of hydrogen-bond donors (Lipinski definition) is 2. The van der Waals surface area contributed by atoms with Crippen molar-refractivity contribution in [3.63, 3.8) is 0 Å². The average molecular weight is 389 g/mol. The summed E-state index contributed by atoms with van der Waals surface area (Å²) in [6.07, 6.45) is 1.38. The second-order valence-electron chi connectivity index (χ2n) is 7.18. The smallest absolute Gasteiger partial charge is 0.224 e. The molecule has 1 fully saturated rings. The fraction of sp³-hybridized carbons (Fsp3) is 0.409. The highest BCUT2D eigenvalue weighted by Crippen LogP contribution is 2.17. The van der Waals surface area contributed by atoms with Gasteiger partial charge in [-0.1, -0.05) is 43.3 Å². The summed E-state index contributed by atoms with van der Waals surface area (Å²) in [5.74, 6) is 1.35. The monoisotopic (exact) mass is 388 g/mol. The number of aryl methyl sites for hydroxylation is 1. The van der Waals surface area contributed by atoms with Crippen molar-refractivity contribution in [3.05, 3.63) is 65.2 Å². The van der Waals surface area contributed by atoms with Gasteiger partial charge in [0.15, 0.2) is 0 Å². The van der Waals surface area contributed by atoms with Gasteiger partial charge in [-0.2, -0.15) is 0 Å². The van der Waals surface area contributed by atoms with Crippen molar-refractivity contribution in [2.75, 3.05) is 13.1 Å². The molecule has 2 N–H and O–H groups in total. The predicted molar refractivity (Wildman–Crippen MR) is 111 cm³/mol. The van der Waals surface area contributed by atoms with E-state index < -0.39 is 0 Å². The van der Waals surface area contributed by atoms with Crippen molar-refractivity contribution in [1.82, 2.24) is 10.6 Å². The number of amides is 1. The lowest BCUT2D eigenvalue weighted by Crippen LogP contribution is -2.48. The van der Waals surface area contributed by atoms with E-state index in [0.717, 1.165) is 30.8 Å². The molecular formula is C22H29ClN2O2. The summed E-state index contributed by atoms with van der Waals surface area (Å²) < 4.78 is 5.92. The van der Waals surface area contributed by atoms with Crippen molar-refractivity contribution < 1.29 is 9.53 Å². The summed E-state index contributed by atoms with van der Waals surface area (Å²) in [6, 6.07) is 16.3. The van der Waals surface area contributed by atoms with Crippen LogP contribution in [-0.2, 0) is 17.8 Å². The van der Waals surface area contributed by atoms with Gasteiger partial charge in [-0.3, -0.25) is 4.79 Å². The zero-order valence-electron chi connectivity index (χ0n) is 16.0. The van der Waals surface area contributed by atoms with Crippen LogP contribution in [0.4, 0.5) is 0 Å². The van der Waals surface area contributed by atoms with E-state index in [0.29, 0.717) is 18.9 Å². The van der Waals surface area contributed by atoms with Crippen LogP contribution in [0.15, 0.2) is 48.5 Å². The van der Waals surface area contributed by atoms with Crippen LogP contribution in [0, 0.1) is 12.8 Å². The number of hydrogen-bond acceptors (Lipinski definition) is 3. The lowest BCUT2D eigenvalue weighted by molar-refractivity contribution is -0.121. The average Bonchev–Trinajstić information content (AvgIpc) is 2.63. The lowest BCUT2D eigenvalue weighted by Gasteiger charge is -2.30. The number of ether oxygens (including phenoxy) is 1. The Bertz CT molecular complexity index is 751. The summed E-state index contributed by atoms with van der Waals surface area (Å²) in [7, 11) is 0. The van der Waals surface area contributed by atoms with E-state index in [1.165, 1.54) is 11.1 Å². The highest BCUT2D eigenvalue weighted by molar-refractivity contribution is 5.85. The van der Waals surface area contributed by atoms with Gasteiger partial charge in [0.1, 0.15) is 12.4 Å². The Balaban J connectivity index is 0.00000261. The molecule has 1 heterocycles. The molecule has 5 heteroatoms. The number of nitrogens with one attached hydrogen (secondary N) is 2. The zero-order chi connectivity index (χ0) is 18.4. The van der Waals surface area contributed by atoms with Gasteiger partial charge in [-0.25, -0.2) is 0 Å². The Labute approximate surface area is 168 Å². The number of rotatable bonds is 6. The molecule has 2 aromatic carbocycles. The molecule has 146 valence electrons. The largest absolute Gasteiger partial charge is 0.489 e. The van der Waals surface area contributed by atoms with Crippen molar-refractivity contribution in [2.45, 2.75) is 39.3 Å². The first-order chi connectivity index (χ1) is 12.6. The Kier molecular flexibility index (Phi) is 8.14. The molecular weight excluding hydrogens is 360 g/mol. The lowest BCUT2D eigenvalue weighted by atomic mass is 9.95. The SMILES string of the molecule is Cc1ccccc1COc1cccc(CC(=O)NC2CCNCC2C)c1.Cl. The molecule has 2 unspecified atom stereocenters. The minimum absolute atomic E-state index is 0. The number of piperidine rings is 1. The molecule has 1 aliphatic heterocycles. The zero-order valence-corrected chi connectivity index (χ0v) is 16.9. The highest BCUT2D eigenvalue weighted by Gasteiger charge is 2.22. The molecule has 1 amide bonds. The van der Waals surface area contributed by atoms with Crippen LogP contribution in [0.25, 0.3) is 0 Å². The summed E-state index contributed by atoms with van der Waals surface area (Å²) in [5, 5.41) is 6.54. The molecule has 1 aliphatic rings. The van der Waals surface area contributed by atoms with Crippen LogP contribution >= 0.6 is 12.4 Å². The molecule has 0 aliphatic carbocycles. The van der Waals surface area contributed by atoms with Gasteiger partial charge in [0.25, 0.3) is 0 Å². The predicted octanol–water partition coefficient (Wildman–Crippen LogP) is 3.65. The van der Waals surface area contributed by atoms with E-state index in [1.54, 1.807) is 0 Å². The maximum absolute atomic E-state index is 12.4. The fourth-order valence-corrected chi connectivity index (χ4v) is 3.35. The molecule has 2 atom stereocenters. The van der Waals surface area contributed by atoms with Crippen LogP contribution in [-0.4, -0.2) is 25.0 Å². The number of carbonyl (C=O) groups excluding carboxylic acids is 1. The molecule has 2 aromatic rings. The van der Waals surface area contributed by atoms with E-state index in [1.807, 2.05) is 36.4 Å². The van der Waals surface area contributed by atoms with Gasteiger partial charge < -0.3 is 15.4 Å². The topological polar surface area (TPSA) is 50.4 Å². The van der Waals surface area contributed by atoms with E-state index >= 15 is 0 Å². The van der Waals surface area contributed by atoms with Crippen molar-refractivity contribution >= 4 is 18.3 Å². The van der Waals surface area contributed by atoms with E-state index in [2.05, 4.69) is 36.6 Å². The third-order valence-corrected chi connectivity index (χ3v) is 5.05. The quantitative estimate of drug-likeness (QED) is 0.794. The van der Waals surface area contributed by atoms with Gasteiger partial charge in [-0.05, 0) is 61.2 Å². The number of halogens is 1. The van der Waals surface area contributed by atoms with Gasteiger partial charge >= 0.3 is 0 Å². The maximum atomic E-state index is 12.4. The molecule has 0 spiro atoms. The fourth-order valence-electron chi connectivity index (χ4n) is 3.35. The molecule has 0 saturated carbocycles. The van der Waals surface area contributed by atoms with E-state index in [-0.39, 0.29) is 24.4 Å². The Hall–Kier alpha value is -2.04. The molecule has 0 bridgehead atoms. The maximum Gasteiger partial charge on any atom is 0.224 e. The molecule has 3 rings (SSSR count). The number of carbonyl (C=O) groups is 1. The first-order valence-corrected chi connectivity index (χ1v) is 9.38. The summed E-state index contributed by atoms with van der Waals surface area (Å²) >= 11 is 0. The van der Waals surface area contributed by atoms with Crippen LogP contribution in [0.5, 0.6) is 5.75 Å². The minimum atomic E-state index is 0. The number of benzene rings is 2. The summed E-state index contributed by atoms with van der Waals surface area (Å²) in [4.78, 5) is 12.4. The molecule has 1 saturated heterocycles. The first-order valence-electron chi connectivity index (χ1n) is 9.38. The second-order valence-corrected chi connectivity index (χ2v) is 7.18. The van der Waals surface area contributed by atoms with Crippen LogP contribution < -0.4 is 15.4 Å². The Morgan fingerprint density at radius 3 is 2.81 bits per heavy atom. The van der Waals surface area contributed by atoms with Crippen LogP contribution in [0.1, 0.15) is 30.0 Å². The van der Waals surface area contributed by atoms with Crippen molar-refractivity contribution in [3.8, 4) is 5.75 Å². The third kappa shape index (κ3) is 6.26. The summed E-state index contributed by atoms with van der Waals surface area (Å²) in [6.45, 7) is 6.73. The van der Waals surface area contributed by atoms with Gasteiger partial charge in [0.2, 0.25) is 5.91 Å². The third-order valence-electron chi connectivity index (χ3n) is 5.05. The second kappa shape index (κ2) is 10.3. The van der Waals surface area contributed by atoms with Gasteiger partial charge in [0.05, 0.1) is 6.42 Å². The van der Waals surface area contributed by atoms with E-state index in [4.69, 9.17) is 4.74 Å². The molecule has 0 radical (unpaired) electrons. The van der Waals surface area contributed by atoms with Gasteiger partial charge in [-0.15, -0.1) is 12.4 Å².